The Labute approximate surface area is 96.3 Å². The van der Waals surface area contributed by atoms with Crippen LogP contribution >= 0.6 is 0 Å². The van der Waals surface area contributed by atoms with Crippen molar-refractivity contribution in [1.29, 1.82) is 0 Å². The summed E-state index contributed by atoms with van der Waals surface area (Å²) in [6.45, 7) is 4.32. The van der Waals surface area contributed by atoms with Gasteiger partial charge in [0, 0.05) is 6.04 Å². The molecule has 3 heteroatoms. The lowest BCUT2D eigenvalue weighted by molar-refractivity contribution is -0.137. The van der Waals surface area contributed by atoms with Crippen LogP contribution in [0.4, 0.5) is 0 Å². The number of hydrogen-bond donors (Lipinski definition) is 2. The lowest BCUT2D eigenvalue weighted by Gasteiger charge is -2.12. The van der Waals surface area contributed by atoms with Crippen LogP contribution in [0.5, 0.6) is 0 Å². The van der Waals surface area contributed by atoms with Gasteiger partial charge in [-0.2, -0.15) is 0 Å². The SMILES string of the molecule is CCC(C)c1ccc(C(N)CC(=O)O)cc1. The molecule has 0 aliphatic carbocycles. The molecule has 2 unspecified atom stereocenters. The largest absolute Gasteiger partial charge is 0.481 e. The highest BCUT2D eigenvalue weighted by atomic mass is 16.4. The van der Waals surface area contributed by atoms with Gasteiger partial charge < -0.3 is 10.8 Å². The molecule has 0 aliphatic heterocycles. The average Bonchev–Trinajstić information content (AvgIpc) is 2.27. The second-order valence-corrected chi connectivity index (χ2v) is 4.18. The maximum absolute atomic E-state index is 10.5. The first-order valence-electron chi connectivity index (χ1n) is 5.61. The van der Waals surface area contributed by atoms with Crippen molar-refractivity contribution in [2.75, 3.05) is 0 Å². The number of carboxylic acids is 1. The molecule has 0 bridgehead atoms. The van der Waals surface area contributed by atoms with Crippen molar-refractivity contribution in [3.8, 4) is 0 Å². The molecule has 0 aromatic heterocycles. The second kappa shape index (κ2) is 5.66. The summed E-state index contributed by atoms with van der Waals surface area (Å²) in [7, 11) is 0. The van der Waals surface area contributed by atoms with Gasteiger partial charge in [0.25, 0.3) is 0 Å². The average molecular weight is 221 g/mol. The van der Waals surface area contributed by atoms with E-state index in [4.69, 9.17) is 10.8 Å². The normalized spacial score (nSPS) is 14.4. The summed E-state index contributed by atoms with van der Waals surface area (Å²) >= 11 is 0. The van der Waals surface area contributed by atoms with Crippen molar-refractivity contribution in [2.24, 2.45) is 5.73 Å². The first-order chi connectivity index (χ1) is 7.54. The van der Waals surface area contributed by atoms with Gasteiger partial charge in [-0.15, -0.1) is 0 Å². The Morgan fingerprint density at radius 3 is 2.25 bits per heavy atom. The van der Waals surface area contributed by atoms with E-state index in [-0.39, 0.29) is 6.42 Å². The van der Waals surface area contributed by atoms with Crippen LogP contribution in [0.2, 0.25) is 0 Å². The highest BCUT2D eigenvalue weighted by molar-refractivity contribution is 5.67. The lowest BCUT2D eigenvalue weighted by atomic mass is 9.95. The van der Waals surface area contributed by atoms with Gasteiger partial charge in [-0.05, 0) is 23.5 Å². The summed E-state index contributed by atoms with van der Waals surface area (Å²) < 4.78 is 0. The molecule has 0 spiro atoms. The van der Waals surface area contributed by atoms with Crippen LogP contribution in [0.15, 0.2) is 24.3 Å². The summed E-state index contributed by atoms with van der Waals surface area (Å²) in [6.07, 6.45) is 1.07. The van der Waals surface area contributed by atoms with Crippen LogP contribution < -0.4 is 5.73 Å². The number of rotatable bonds is 5. The lowest BCUT2D eigenvalue weighted by Crippen LogP contribution is -2.14. The standard InChI is InChI=1S/C13H19NO2/c1-3-9(2)10-4-6-11(7-5-10)12(14)8-13(15)16/h4-7,9,12H,3,8,14H2,1-2H3,(H,15,16). The van der Waals surface area contributed by atoms with Gasteiger partial charge >= 0.3 is 5.97 Å². The molecule has 0 aliphatic rings. The first-order valence-corrected chi connectivity index (χ1v) is 5.61. The van der Waals surface area contributed by atoms with E-state index in [0.29, 0.717) is 5.92 Å². The third-order valence-electron chi connectivity index (χ3n) is 2.94. The fourth-order valence-corrected chi connectivity index (χ4v) is 1.61. The van der Waals surface area contributed by atoms with Gasteiger partial charge in [0.1, 0.15) is 0 Å². The van der Waals surface area contributed by atoms with E-state index < -0.39 is 12.0 Å². The van der Waals surface area contributed by atoms with E-state index in [0.717, 1.165) is 12.0 Å². The number of aliphatic carboxylic acids is 1. The topological polar surface area (TPSA) is 63.3 Å². The fourth-order valence-electron chi connectivity index (χ4n) is 1.61. The van der Waals surface area contributed by atoms with Crippen LogP contribution in [0.25, 0.3) is 0 Å². The molecule has 0 saturated carbocycles. The summed E-state index contributed by atoms with van der Waals surface area (Å²) in [5.74, 6) is -0.330. The minimum Gasteiger partial charge on any atom is -0.481 e. The van der Waals surface area contributed by atoms with Crippen LogP contribution in [-0.2, 0) is 4.79 Å². The number of carbonyl (C=O) groups is 1. The number of hydrogen-bond acceptors (Lipinski definition) is 2. The third-order valence-corrected chi connectivity index (χ3v) is 2.94. The van der Waals surface area contributed by atoms with Gasteiger partial charge in [-0.3, -0.25) is 4.79 Å². The van der Waals surface area contributed by atoms with Crippen LogP contribution in [0, 0.1) is 0 Å². The van der Waals surface area contributed by atoms with Crippen molar-refractivity contribution >= 4 is 5.97 Å². The zero-order valence-corrected chi connectivity index (χ0v) is 9.81. The van der Waals surface area contributed by atoms with E-state index in [1.807, 2.05) is 24.3 Å². The number of carboxylic acid groups (broad SMARTS) is 1. The predicted octanol–water partition coefficient (Wildman–Crippen LogP) is 2.67. The molecule has 1 rings (SSSR count). The summed E-state index contributed by atoms with van der Waals surface area (Å²) in [4.78, 5) is 10.5. The predicted molar refractivity (Wildman–Crippen MR) is 64.3 cm³/mol. The summed E-state index contributed by atoms with van der Waals surface area (Å²) in [5, 5.41) is 8.65. The van der Waals surface area contributed by atoms with Crippen molar-refractivity contribution < 1.29 is 9.90 Å². The highest BCUT2D eigenvalue weighted by Crippen LogP contribution is 2.21. The quantitative estimate of drug-likeness (QED) is 0.803. The van der Waals surface area contributed by atoms with Gasteiger partial charge in [0.05, 0.1) is 6.42 Å². The van der Waals surface area contributed by atoms with E-state index in [9.17, 15) is 4.79 Å². The Kier molecular flexibility index (Phi) is 4.50. The molecule has 1 aromatic carbocycles. The van der Waals surface area contributed by atoms with Gasteiger partial charge in [0.2, 0.25) is 0 Å². The Morgan fingerprint density at radius 1 is 1.31 bits per heavy atom. The molecule has 0 fully saturated rings. The molecule has 0 amide bonds. The summed E-state index contributed by atoms with van der Waals surface area (Å²) in [5.41, 5.74) is 7.93. The Balaban J connectivity index is 2.74. The summed E-state index contributed by atoms with van der Waals surface area (Å²) in [6, 6.07) is 7.50. The maximum Gasteiger partial charge on any atom is 0.305 e. The molecule has 88 valence electrons. The molecule has 0 heterocycles. The number of nitrogens with two attached hydrogens (primary N) is 1. The first kappa shape index (κ1) is 12.7. The Hall–Kier alpha value is -1.35. The van der Waals surface area contributed by atoms with Gasteiger partial charge in [-0.1, -0.05) is 38.1 Å². The van der Waals surface area contributed by atoms with Crippen molar-refractivity contribution in [2.45, 2.75) is 38.6 Å². The van der Waals surface area contributed by atoms with E-state index in [1.54, 1.807) is 0 Å². The zero-order chi connectivity index (χ0) is 12.1. The second-order valence-electron chi connectivity index (χ2n) is 4.18. The zero-order valence-electron chi connectivity index (χ0n) is 9.81. The molecule has 3 N–H and O–H groups in total. The van der Waals surface area contributed by atoms with Gasteiger partial charge in [-0.25, -0.2) is 0 Å². The van der Waals surface area contributed by atoms with Crippen molar-refractivity contribution in [1.82, 2.24) is 0 Å². The van der Waals surface area contributed by atoms with Gasteiger partial charge in [0.15, 0.2) is 0 Å². The van der Waals surface area contributed by atoms with E-state index >= 15 is 0 Å². The molecule has 1 aromatic rings. The number of benzene rings is 1. The smallest absolute Gasteiger partial charge is 0.305 e. The van der Waals surface area contributed by atoms with Crippen LogP contribution in [0.1, 0.15) is 49.8 Å². The molecule has 16 heavy (non-hydrogen) atoms. The molecule has 3 nitrogen and oxygen atoms in total. The van der Waals surface area contributed by atoms with Crippen molar-refractivity contribution in [3.05, 3.63) is 35.4 Å². The van der Waals surface area contributed by atoms with E-state index in [1.165, 1.54) is 5.56 Å². The minimum absolute atomic E-state index is 0.0251. The monoisotopic (exact) mass is 221 g/mol. The highest BCUT2D eigenvalue weighted by Gasteiger charge is 2.11. The molecule has 0 radical (unpaired) electrons. The van der Waals surface area contributed by atoms with Crippen LogP contribution in [-0.4, -0.2) is 11.1 Å². The Bertz CT molecular complexity index is 345. The Morgan fingerprint density at radius 2 is 1.81 bits per heavy atom. The molecular weight excluding hydrogens is 202 g/mol. The molecule has 0 saturated heterocycles. The third kappa shape index (κ3) is 3.35. The maximum atomic E-state index is 10.5. The molecular formula is C13H19NO2. The van der Waals surface area contributed by atoms with Crippen molar-refractivity contribution in [3.63, 3.8) is 0 Å². The fraction of sp³-hybridized carbons (Fsp3) is 0.462. The van der Waals surface area contributed by atoms with Crippen LogP contribution in [0.3, 0.4) is 0 Å². The molecule has 2 atom stereocenters. The minimum atomic E-state index is -0.862. The van der Waals surface area contributed by atoms with E-state index in [2.05, 4.69) is 13.8 Å².